The van der Waals surface area contributed by atoms with Gasteiger partial charge in [0, 0.05) is 14.2 Å². The van der Waals surface area contributed by atoms with E-state index in [-0.39, 0.29) is 6.42 Å². The summed E-state index contributed by atoms with van der Waals surface area (Å²) < 4.78 is 14.0. The van der Waals surface area contributed by atoms with Crippen LogP contribution in [-0.4, -0.2) is 38.9 Å². The molecule has 0 aliphatic carbocycles. The van der Waals surface area contributed by atoms with Crippen molar-refractivity contribution in [2.75, 3.05) is 21.3 Å². The molecule has 0 unspecified atom stereocenters. The number of ether oxygens (including phenoxy) is 3. The molecule has 13 heavy (non-hydrogen) atoms. The third kappa shape index (κ3) is 3.12. The van der Waals surface area contributed by atoms with Gasteiger partial charge in [-0.1, -0.05) is 0 Å². The number of Topliss-reactive ketones (excluding diaryl/α,β-unsaturated/α-hetero) is 1. The third-order valence-corrected chi connectivity index (χ3v) is 1.82. The lowest BCUT2D eigenvalue weighted by Gasteiger charge is -2.23. The second-order valence-corrected chi connectivity index (χ2v) is 2.53. The first-order valence-electron chi connectivity index (χ1n) is 3.70. The Bertz CT molecular complexity index is 195. The normalized spacial score (nSPS) is 11.1. The highest BCUT2D eigenvalue weighted by atomic mass is 16.7. The Morgan fingerprint density at radius 2 is 1.62 bits per heavy atom. The molecule has 5 heteroatoms. The van der Waals surface area contributed by atoms with Gasteiger partial charge >= 0.3 is 5.97 Å². The summed E-state index contributed by atoms with van der Waals surface area (Å²) in [7, 11) is 3.88. The number of esters is 1. The topological polar surface area (TPSA) is 61.8 Å². The highest BCUT2D eigenvalue weighted by molar-refractivity contribution is 5.99. The summed E-state index contributed by atoms with van der Waals surface area (Å²) in [5.74, 6) is -2.44. The Labute approximate surface area is 77.0 Å². The van der Waals surface area contributed by atoms with Gasteiger partial charge in [-0.3, -0.25) is 9.59 Å². The van der Waals surface area contributed by atoms with Crippen LogP contribution in [0.25, 0.3) is 0 Å². The van der Waals surface area contributed by atoms with Crippen LogP contribution < -0.4 is 0 Å². The summed E-state index contributed by atoms with van der Waals surface area (Å²) in [6.45, 7) is 1.44. The monoisotopic (exact) mass is 190 g/mol. The molecule has 0 aromatic rings. The van der Waals surface area contributed by atoms with Crippen molar-refractivity contribution in [2.24, 2.45) is 0 Å². The van der Waals surface area contributed by atoms with Gasteiger partial charge in [0.25, 0.3) is 0 Å². The highest BCUT2D eigenvalue weighted by Crippen LogP contribution is 2.13. The van der Waals surface area contributed by atoms with Crippen LogP contribution >= 0.6 is 0 Å². The summed E-state index contributed by atoms with van der Waals surface area (Å²) in [5.41, 5.74) is 0. The SMILES string of the molecule is COC(=O)CC(=O)C(C)(OC)OC. The first kappa shape index (κ1) is 12.1. The van der Waals surface area contributed by atoms with Crippen molar-refractivity contribution in [2.45, 2.75) is 19.1 Å². The van der Waals surface area contributed by atoms with Gasteiger partial charge in [0.1, 0.15) is 6.42 Å². The quantitative estimate of drug-likeness (QED) is 0.350. The van der Waals surface area contributed by atoms with Gasteiger partial charge in [0.15, 0.2) is 0 Å². The molecule has 0 fully saturated rings. The van der Waals surface area contributed by atoms with E-state index in [1.54, 1.807) is 0 Å². The molecule has 0 rings (SSSR count). The zero-order valence-electron chi connectivity index (χ0n) is 8.25. The highest BCUT2D eigenvalue weighted by Gasteiger charge is 2.34. The summed E-state index contributed by atoms with van der Waals surface area (Å²) in [6.07, 6.45) is -0.353. The van der Waals surface area contributed by atoms with Crippen LogP contribution in [0.5, 0.6) is 0 Å². The molecule has 0 aliphatic rings. The van der Waals surface area contributed by atoms with E-state index in [1.165, 1.54) is 28.3 Å². The van der Waals surface area contributed by atoms with E-state index in [2.05, 4.69) is 4.74 Å². The Balaban J connectivity index is 4.31. The fourth-order valence-corrected chi connectivity index (χ4v) is 0.675. The molecular weight excluding hydrogens is 176 g/mol. The van der Waals surface area contributed by atoms with Crippen molar-refractivity contribution in [3.05, 3.63) is 0 Å². The minimum Gasteiger partial charge on any atom is -0.469 e. The summed E-state index contributed by atoms with van der Waals surface area (Å²) >= 11 is 0. The van der Waals surface area contributed by atoms with Crippen molar-refractivity contribution < 1.29 is 23.8 Å². The minimum atomic E-state index is -1.37. The number of hydrogen-bond donors (Lipinski definition) is 0. The zero-order chi connectivity index (χ0) is 10.5. The summed E-state index contributed by atoms with van der Waals surface area (Å²) in [5, 5.41) is 0. The Morgan fingerprint density at radius 3 is 1.92 bits per heavy atom. The summed E-state index contributed by atoms with van der Waals surface area (Å²) in [6, 6.07) is 0. The number of carbonyl (C=O) groups is 2. The van der Waals surface area contributed by atoms with E-state index in [1.807, 2.05) is 0 Å². The molecule has 76 valence electrons. The van der Waals surface area contributed by atoms with Crippen molar-refractivity contribution in [3.8, 4) is 0 Å². The molecule has 0 heterocycles. The van der Waals surface area contributed by atoms with Gasteiger partial charge in [0.05, 0.1) is 7.11 Å². The zero-order valence-corrected chi connectivity index (χ0v) is 8.25. The van der Waals surface area contributed by atoms with Gasteiger partial charge in [-0.15, -0.1) is 0 Å². The van der Waals surface area contributed by atoms with Crippen LogP contribution in [0, 0.1) is 0 Å². The molecule has 0 amide bonds. The second kappa shape index (κ2) is 4.94. The number of hydrogen-bond acceptors (Lipinski definition) is 5. The first-order chi connectivity index (χ1) is 6.00. The molecule has 0 N–H and O–H groups in total. The van der Waals surface area contributed by atoms with Crippen LogP contribution in [-0.2, 0) is 23.8 Å². The first-order valence-corrected chi connectivity index (χ1v) is 3.70. The predicted molar refractivity (Wildman–Crippen MR) is 44.1 cm³/mol. The van der Waals surface area contributed by atoms with Crippen molar-refractivity contribution in [1.82, 2.24) is 0 Å². The van der Waals surface area contributed by atoms with Gasteiger partial charge in [-0.2, -0.15) is 0 Å². The van der Waals surface area contributed by atoms with E-state index >= 15 is 0 Å². The number of methoxy groups -OCH3 is 3. The van der Waals surface area contributed by atoms with Crippen LogP contribution in [0.1, 0.15) is 13.3 Å². The smallest absolute Gasteiger partial charge is 0.313 e. The van der Waals surface area contributed by atoms with Gasteiger partial charge in [0.2, 0.25) is 11.6 Å². The van der Waals surface area contributed by atoms with Crippen LogP contribution in [0.2, 0.25) is 0 Å². The molecule has 0 bridgehead atoms. The van der Waals surface area contributed by atoms with E-state index in [0.717, 1.165) is 0 Å². The van der Waals surface area contributed by atoms with E-state index in [0.29, 0.717) is 0 Å². The molecule has 5 nitrogen and oxygen atoms in total. The van der Waals surface area contributed by atoms with Gasteiger partial charge in [-0.25, -0.2) is 0 Å². The lowest BCUT2D eigenvalue weighted by Crippen LogP contribution is -2.40. The van der Waals surface area contributed by atoms with E-state index in [4.69, 9.17) is 9.47 Å². The van der Waals surface area contributed by atoms with Crippen LogP contribution in [0.3, 0.4) is 0 Å². The van der Waals surface area contributed by atoms with Crippen molar-refractivity contribution in [1.29, 1.82) is 0 Å². The standard InChI is InChI=1S/C8H14O5/c1-8(12-3,13-4)6(9)5-7(10)11-2/h5H2,1-4H3. The Kier molecular flexibility index (Phi) is 4.58. The minimum absolute atomic E-state index is 0.353. The maximum Gasteiger partial charge on any atom is 0.313 e. The van der Waals surface area contributed by atoms with Gasteiger partial charge in [-0.05, 0) is 6.92 Å². The third-order valence-electron chi connectivity index (χ3n) is 1.82. The molecule has 0 aromatic heterocycles. The lowest BCUT2D eigenvalue weighted by molar-refractivity contribution is -0.200. The molecular formula is C8H14O5. The van der Waals surface area contributed by atoms with Crippen molar-refractivity contribution >= 4 is 11.8 Å². The molecule has 0 aromatic carbocycles. The van der Waals surface area contributed by atoms with Gasteiger partial charge < -0.3 is 14.2 Å². The van der Waals surface area contributed by atoms with Crippen LogP contribution in [0.15, 0.2) is 0 Å². The molecule has 0 atom stereocenters. The van der Waals surface area contributed by atoms with Crippen LogP contribution in [0.4, 0.5) is 0 Å². The fourth-order valence-electron chi connectivity index (χ4n) is 0.675. The summed E-state index contributed by atoms with van der Waals surface area (Å²) in [4.78, 5) is 22.1. The average Bonchev–Trinajstić information content (AvgIpc) is 2.16. The predicted octanol–water partition coefficient (Wildman–Crippen LogP) is 0.128. The number of ketones is 1. The van der Waals surface area contributed by atoms with E-state index in [9.17, 15) is 9.59 Å². The molecule has 0 saturated carbocycles. The average molecular weight is 190 g/mol. The maximum absolute atomic E-state index is 11.3. The molecule has 0 saturated heterocycles. The lowest BCUT2D eigenvalue weighted by atomic mass is 10.1. The van der Waals surface area contributed by atoms with E-state index < -0.39 is 17.5 Å². The Hall–Kier alpha value is -0.940. The van der Waals surface area contributed by atoms with Crippen molar-refractivity contribution in [3.63, 3.8) is 0 Å². The second-order valence-electron chi connectivity index (χ2n) is 2.53. The molecule has 0 spiro atoms. The largest absolute Gasteiger partial charge is 0.469 e. The molecule has 0 radical (unpaired) electrons. The fraction of sp³-hybridized carbons (Fsp3) is 0.750. The maximum atomic E-state index is 11.3. The number of rotatable bonds is 5. The number of carbonyl (C=O) groups excluding carboxylic acids is 2. The molecule has 0 aliphatic heterocycles. The Morgan fingerprint density at radius 1 is 1.15 bits per heavy atom.